The van der Waals surface area contributed by atoms with Crippen molar-refractivity contribution in [2.75, 3.05) is 6.61 Å². The molecule has 8 heteroatoms. The molecule has 0 amide bonds. The third-order valence-corrected chi connectivity index (χ3v) is 6.13. The molecule has 0 bridgehead atoms. The first-order chi connectivity index (χ1) is 14.0. The van der Waals surface area contributed by atoms with Crippen LogP contribution in [0.15, 0.2) is 48.0 Å². The summed E-state index contributed by atoms with van der Waals surface area (Å²) in [7, 11) is -1.56. The maximum atomic E-state index is 12.0. The number of nitrogens with zero attached hydrogens (tertiary/aromatic N) is 1. The Hall–Kier alpha value is -2.32. The summed E-state index contributed by atoms with van der Waals surface area (Å²) in [5, 5.41) is 23.9. The van der Waals surface area contributed by atoms with Gasteiger partial charge < -0.3 is 19.4 Å². The summed E-state index contributed by atoms with van der Waals surface area (Å²) in [5.74, 6) is -0.286. The normalized spacial score (nSPS) is 11.3. The highest BCUT2D eigenvalue weighted by atomic mass is 35.5. The Labute approximate surface area is 177 Å². The number of halogens is 1. The summed E-state index contributed by atoms with van der Waals surface area (Å²) < 4.78 is 8.28. The number of esters is 1. The highest BCUT2D eigenvalue weighted by Crippen LogP contribution is 2.31. The number of carbonyl (C=O) groups excluding carboxylic acids is 1. The number of thiophene rings is 1. The Morgan fingerprint density at radius 1 is 1.17 bits per heavy atom. The van der Waals surface area contributed by atoms with Gasteiger partial charge in [0.1, 0.15) is 0 Å². The van der Waals surface area contributed by atoms with Crippen LogP contribution in [0.3, 0.4) is 0 Å². The third-order valence-electron chi connectivity index (χ3n) is 4.88. The van der Waals surface area contributed by atoms with Gasteiger partial charge in [-0.1, -0.05) is 23.7 Å². The second-order valence-electron chi connectivity index (χ2n) is 6.82. The van der Waals surface area contributed by atoms with Gasteiger partial charge in [-0.15, -0.1) is 11.3 Å². The summed E-state index contributed by atoms with van der Waals surface area (Å²) in [6, 6.07) is 11.1. The van der Waals surface area contributed by atoms with Gasteiger partial charge in [0.05, 0.1) is 13.0 Å². The average Bonchev–Trinajstić information content (AvgIpc) is 3.23. The fourth-order valence-corrected chi connectivity index (χ4v) is 4.65. The van der Waals surface area contributed by atoms with Gasteiger partial charge in [-0.3, -0.25) is 4.79 Å². The number of fused-ring (bicyclic) bond motifs is 2. The van der Waals surface area contributed by atoms with Gasteiger partial charge in [-0.25, -0.2) is 0 Å². The Morgan fingerprint density at radius 3 is 2.76 bits per heavy atom. The van der Waals surface area contributed by atoms with Crippen molar-refractivity contribution in [1.82, 2.24) is 4.57 Å². The van der Waals surface area contributed by atoms with Gasteiger partial charge in [0.2, 0.25) is 0 Å². The maximum absolute atomic E-state index is 12.0. The monoisotopic (exact) mass is 427 g/mol. The van der Waals surface area contributed by atoms with E-state index in [-0.39, 0.29) is 12.4 Å². The fourth-order valence-electron chi connectivity index (χ4n) is 3.54. The van der Waals surface area contributed by atoms with Crippen LogP contribution in [0.1, 0.15) is 18.1 Å². The number of aromatic nitrogens is 1. The number of ether oxygens (including phenoxy) is 1. The molecule has 29 heavy (non-hydrogen) atoms. The van der Waals surface area contributed by atoms with Crippen molar-refractivity contribution < 1.29 is 19.6 Å². The first-order valence-corrected chi connectivity index (χ1v) is 10.5. The van der Waals surface area contributed by atoms with Gasteiger partial charge in [0.25, 0.3) is 0 Å². The van der Waals surface area contributed by atoms with E-state index in [2.05, 4.69) is 5.38 Å². The molecule has 2 aromatic carbocycles. The van der Waals surface area contributed by atoms with E-state index in [1.807, 2.05) is 35.0 Å². The molecule has 2 N–H and O–H groups in total. The number of carbonyl (C=O) groups is 1. The van der Waals surface area contributed by atoms with Crippen LogP contribution >= 0.6 is 22.9 Å². The molecule has 4 rings (SSSR count). The quantitative estimate of drug-likeness (QED) is 0.366. The summed E-state index contributed by atoms with van der Waals surface area (Å²) in [5.41, 5.74) is 3.19. The van der Waals surface area contributed by atoms with Crippen molar-refractivity contribution in [1.29, 1.82) is 0 Å². The predicted octanol–water partition coefficient (Wildman–Crippen LogP) is 3.34. The maximum Gasteiger partial charge on any atom is 0.488 e. The topological polar surface area (TPSA) is 71.7 Å². The van der Waals surface area contributed by atoms with Crippen LogP contribution in [-0.4, -0.2) is 34.3 Å². The van der Waals surface area contributed by atoms with Crippen molar-refractivity contribution in [2.45, 2.75) is 19.9 Å². The smallest absolute Gasteiger partial charge is 0.466 e. The van der Waals surface area contributed by atoms with Gasteiger partial charge in [0.15, 0.2) is 0 Å². The van der Waals surface area contributed by atoms with Crippen molar-refractivity contribution in [3.63, 3.8) is 0 Å². The molecule has 0 aliphatic rings. The number of benzene rings is 2. The number of rotatable bonds is 6. The molecule has 0 saturated heterocycles. The second kappa shape index (κ2) is 8.20. The highest BCUT2D eigenvalue weighted by molar-refractivity contribution is 7.17. The lowest BCUT2D eigenvalue weighted by molar-refractivity contribution is -0.142. The molecule has 0 spiro atoms. The largest absolute Gasteiger partial charge is 0.488 e. The predicted molar refractivity (Wildman–Crippen MR) is 118 cm³/mol. The van der Waals surface area contributed by atoms with E-state index < -0.39 is 7.12 Å². The Balaban J connectivity index is 1.80. The van der Waals surface area contributed by atoms with Crippen LogP contribution in [0.5, 0.6) is 0 Å². The Morgan fingerprint density at radius 2 is 2.00 bits per heavy atom. The minimum atomic E-state index is -1.56. The van der Waals surface area contributed by atoms with Gasteiger partial charge in [-0.05, 0) is 58.5 Å². The summed E-state index contributed by atoms with van der Waals surface area (Å²) in [6.07, 6.45) is 2.09. The van der Waals surface area contributed by atoms with Crippen LogP contribution in [0.4, 0.5) is 0 Å². The first-order valence-electron chi connectivity index (χ1n) is 9.25. The van der Waals surface area contributed by atoms with E-state index in [0.29, 0.717) is 23.6 Å². The molecule has 2 aromatic heterocycles. The van der Waals surface area contributed by atoms with Crippen molar-refractivity contribution >= 4 is 62.5 Å². The van der Waals surface area contributed by atoms with E-state index in [9.17, 15) is 14.8 Å². The lowest BCUT2D eigenvalue weighted by atomic mass is 9.80. The minimum Gasteiger partial charge on any atom is -0.466 e. The molecule has 0 unspecified atom stereocenters. The molecule has 0 atom stereocenters. The number of hydrogen-bond donors (Lipinski definition) is 2. The Kier molecular flexibility index (Phi) is 5.65. The lowest BCUT2D eigenvalue weighted by Crippen LogP contribution is -2.29. The van der Waals surface area contributed by atoms with Crippen LogP contribution in [-0.2, 0) is 22.5 Å². The molecule has 0 radical (unpaired) electrons. The Bertz CT molecular complexity index is 1200. The standard InChI is InChI=1S/C21H19BClNO4S/c1-2-28-21(25)7-13-10-24(19-8-15(22(26)27)3-5-17(13)19)11-14-12-29-20-6-4-16(23)9-18(14)20/h3-6,8-10,12,26-27H,2,7,11H2,1H3. The molecule has 4 aromatic rings. The second-order valence-corrected chi connectivity index (χ2v) is 8.16. The average molecular weight is 428 g/mol. The van der Waals surface area contributed by atoms with Crippen molar-refractivity contribution in [3.05, 3.63) is 64.1 Å². The number of hydrogen-bond acceptors (Lipinski definition) is 5. The minimum absolute atomic E-state index is 0.161. The zero-order chi connectivity index (χ0) is 20.5. The van der Waals surface area contributed by atoms with Gasteiger partial charge in [-0.2, -0.15) is 0 Å². The molecular weight excluding hydrogens is 409 g/mol. The van der Waals surface area contributed by atoms with E-state index >= 15 is 0 Å². The summed E-state index contributed by atoms with van der Waals surface area (Å²) >= 11 is 7.84. The summed E-state index contributed by atoms with van der Waals surface area (Å²) in [6.45, 7) is 2.69. The summed E-state index contributed by atoms with van der Waals surface area (Å²) in [4.78, 5) is 12.0. The van der Waals surface area contributed by atoms with Crippen LogP contribution in [0, 0.1) is 0 Å². The molecular formula is C21H19BClNO4S. The molecule has 0 fully saturated rings. The van der Waals surface area contributed by atoms with Crippen LogP contribution in [0.25, 0.3) is 21.0 Å². The van der Waals surface area contributed by atoms with Crippen LogP contribution < -0.4 is 5.46 Å². The first kappa shape index (κ1) is 20.0. The SMILES string of the molecule is CCOC(=O)Cc1cn(Cc2csc3ccc(Cl)cc23)c2cc(B(O)O)ccc12. The zero-order valence-electron chi connectivity index (χ0n) is 15.8. The van der Waals surface area contributed by atoms with Crippen molar-refractivity contribution in [2.24, 2.45) is 0 Å². The van der Waals surface area contributed by atoms with E-state index in [0.717, 1.165) is 32.1 Å². The molecule has 2 heterocycles. The van der Waals surface area contributed by atoms with Crippen molar-refractivity contribution in [3.8, 4) is 0 Å². The molecule has 0 aliphatic heterocycles. The van der Waals surface area contributed by atoms with E-state index in [1.54, 1.807) is 30.4 Å². The lowest BCUT2D eigenvalue weighted by Gasteiger charge is -2.07. The van der Waals surface area contributed by atoms with Gasteiger partial charge in [0, 0.05) is 33.4 Å². The molecule has 5 nitrogen and oxygen atoms in total. The molecule has 148 valence electrons. The highest BCUT2D eigenvalue weighted by Gasteiger charge is 2.18. The third kappa shape index (κ3) is 4.04. The van der Waals surface area contributed by atoms with Crippen LogP contribution in [0.2, 0.25) is 5.02 Å². The zero-order valence-corrected chi connectivity index (χ0v) is 17.3. The molecule has 0 aliphatic carbocycles. The molecule has 0 saturated carbocycles. The van der Waals surface area contributed by atoms with E-state index in [4.69, 9.17) is 16.3 Å². The fraction of sp³-hybridized carbons (Fsp3) is 0.190. The van der Waals surface area contributed by atoms with Gasteiger partial charge >= 0.3 is 13.1 Å². The van der Waals surface area contributed by atoms with E-state index in [1.165, 1.54) is 0 Å².